The molecule has 2 N–H and O–H groups in total. The van der Waals surface area contributed by atoms with Crippen LogP contribution in [0.4, 0.5) is 0 Å². The third-order valence-corrected chi connectivity index (χ3v) is 5.47. The summed E-state index contributed by atoms with van der Waals surface area (Å²) in [6, 6.07) is 4.98. The van der Waals surface area contributed by atoms with Crippen LogP contribution in [-0.4, -0.2) is 22.5 Å². The fraction of sp³-hybridized carbons (Fsp3) is 0.467. The molecule has 0 aliphatic heterocycles. The van der Waals surface area contributed by atoms with Crippen molar-refractivity contribution in [3.05, 3.63) is 32.4 Å². The van der Waals surface area contributed by atoms with Crippen LogP contribution in [0.3, 0.4) is 0 Å². The van der Waals surface area contributed by atoms with Gasteiger partial charge in [-0.3, -0.25) is 4.79 Å². The van der Waals surface area contributed by atoms with Gasteiger partial charge in [-0.25, -0.2) is 4.79 Å². The SMILES string of the molecule is O=C(NC1(C(=O)O)CCCCCC1)c1ccc(I)c(Cl)c1. The molecular formula is C15H17ClINO3. The molecule has 114 valence electrons. The number of carboxylic acid groups (broad SMARTS) is 1. The minimum atomic E-state index is -1.15. The maximum absolute atomic E-state index is 12.4. The van der Waals surface area contributed by atoms with Crippen molar-refractivity contribution in [3.8, 4) is 0 Å². The van der Waals surface area contributed by atoms with E-state index < -0.39 is 11.5 Å². The Morgan fingerprint density at radius 2 is 1.81 bits per heavy atom. The molecule has 0 bridgehead atoms. The molecule has 1 amide bonds. The number of nitrogens with one attached hydrogen (secondary N) is 1. The van der Waals surface area contributed by atoms with E-state index in [2.05, 4.69) is 27.9 Å². The number of rotatable bonds is 3. The number of carboxylic acids is 1. The molecule has 4 nitrogen and oxygen atoms in total. The standard InChI is InChI=1S/C15H17ClINO3/c16-11-9-10(5-6-12(11)17)13(19)18-15(14(20)21)7-3-1-2-4-8-15/h5-6,9H,1-4,7-8H2,(H,18,19)(H,20,21). The normalized spacial score (nSPS) is 17.8. The highest BCUT2D eigenvalue weighted by molar-refractivity contribution is 14.1. The average molecular weight is 422 g/mol. The second-order valence-corrected chi connectivity index (χ2v) is 6.95. The van der Waals surface area contributed by atoms with Crippen LogP contribution in [0.5, 0.6) is 0 Å². The van der Waals surface area contributed by atoms with Crippen LogP contribution in [0, 0.1) is 3.57 Å². The molecule has 0 aromatic heterocycles. The van der Waals surface area contributed by atoms with Crippen LogP contribution in [0.1, 0.15) is 48.9 Å². The van der Waals surface area contributed by atoms with E-state index in [1.54, 1.807) is 18.2 Å². The Morgan fingerprint density at radius 1 is 1.19 bits per heavy atom. The molecule has 0 radical (unpaired) electrons. The van der Waals surface area contributed by atoms with E-state index in [4.69, 9.17) is 11.6 Å². The number of amides is 1. The van der Waals surface area contributed by atoms with Gasteiger partial charge in [0.2, 0.25) is 0 Å². The Morgan fingerprint density at radius 3 is 2.33 bits per heavy atom. The van der Waals surface area contributed by atoms with Crippen LogP contribution in [0.25, 0.3) is 0 Å². The Labute approximate surface area is 142 Å². The molecule has 1 aromatic rings. The van der Waals surface area contributed by atoms with Crippen LogP contribution in [-0.2, 0) is 4.79 Å². The van der Waals surface area contributed by atoms with E-state index >= 15 is 0 Å². The van der Waals surface area contributed by atoms with Crippen molar-refractivity contribution in [2.75, 3.05) is 0 Å². The van der Waals surface area contributed by atoms with Crippen molar-refractivity contribution < 1.29 is 14.7 Å². The summed E-state index contributed by atoms with van der Waals surface area (Å²) in [5.41, 5.74) is -0.756. The van der Waals surface area contributed by atoms with Crippen LogP contribution in [0.2, 0.25) is 5.02 Å². The molecule has 0 saturated heterocycles. The molecule has 0 spiro atoms. The van der Waals surface area contributed by atoms with Gasteiger partial charge in [-0.1, -0.05) is 37.3 Å². The van der Waals surface area contributed by atoms with Crippen LogP contribution < -0.4 is 5.32 Å². The zero-order valence-electron chi connectivity index (χ0n) is 11.5. The van der Waals surface area contributed by atoms with E-state index in [1.807, 2.05) is 0 Å². The summed E-state index contributed by atoms with van der Waals surface area (Å²) >= 11 is 8.10. The predicted molar refractivity (Wildman–Crippen MR) is 89.7 cm³/mol. The van der Waals surface area contributed by atoms with Crippen LogP contribution in [0.15, 0.2) is 18.2 Å². The Bertz CT molecular complexity index is 554. The topological polar surface area (TPSA) is 66.4 Å². The molecule has 0 heterocycles. The first-order valence-corrected chi connectivity index (χ1v) is 8.41. The number of hydrogen-bond acceptors (Lipinski definition) is 2. The fourth-order valence-electron chi connectivity index (χ4n) is 2.65. The molecule has 1 aromatic carbocycles. The van der Waals surface area contributed by atoms with Gasteiger partial charge >= 0.3 is 5.97 Å². The van der Waals surface area contributed by atoms with Crippen molar-refractivity contribution in [2.45, 2.75) is 44.1 Å². The number of aliphatic carboxylic acids is 1. The van der Waals surface area contributed by atoms with Gasteiger partial charge < -0.3 is 10.4 Å². The summed E-state index contributed by atoms with van der Waals surface area (Å²) in [5, 5.41) is 12.8. The minimum absolute atomic E-state index is 0.377. The van der Waals surface area contributed by atoms with Crippen molar-refractivity contribution in [1.29, 1.82) is 0 Å². The summed E-state index contributed by atoms with van der Waals surface area (Å²) in [4.78, 5) is 24.0. The lowest BCUT2D eigenvalue weighted by molar-refractivity contribution is -0.145. The number of carbonyl (C=O) groups is 2. The maximum Gasteiger partial charge on any atom is 0.329 e. The molecule has 1 saturated carbocycles. The Kier molecular flexibility index (Phi) is 5.48. The molecule has 2 rings (SSSR count). The summed E-state index contributed by atoms with van der Waals surface area (Å²) in [6.45, 7) is 0. The van der Waals surface area contributed by atoms with Gasteiger partial charge in [0.25, 0.3) is 5.91 Å². The molecule has 6 heteroatoms. The highest BCUT2D eigenvalue weighted by Crippen LogP contribution is 2.28. The first-order valence-electron chi connectivity index (χ1n) is 6.95. The minimum Gasteiger partial charge on any atom is -0.480 e. The van der Waals surface area contributed by atoms with Crippen molar-refractivity contribution in [3.63, 3.8) is 0 Å². The zero-order chi connectivity index (χ0) is 15.5. The lowest BCUT2D eigenvalue weighted by Crippen LogP contribution is -2.54. The molecule has 0 atom stereocenters. The average Bonchev–Trinajstić information content (AvgIpc) is 2.68. The summed E-state index contributed by atoms with van der Waals surface area (Å²) < 4.78 is 0.855. The highest BCUT2D eigenvalue weighted by Gasteiger charge is 2.40. The number of hydrogen-bond donors (Lipinski definition) is 2. The maximum atomic E-state index is 12.4. The van der Waals surface area contributed by atoms with Gasteiger partial charge in [0.1, 0.15) is 5.54 Å². The van der Waals surface area contributed by atoms with Crippen LogP contribution >= 0.6 is 34.2 Å². The lowest BCUT2D eigenvalue weighted by atomic mass is 9.90. The number of carbonyl (C=O) groups excluding carboxylic acids is 1. The highest BCUT2D eigenvalue weighted by atomic mass is 127. The molecule has 21 heavy (non-hydrogen) atoms. The van der Waals surface area contributed by atoms with E-state index in [1.165, 1.54) is 0 Å². The summed E-state index contributed by atoms with van der Waals surface area (Å²) in [7, 11) is 0. The van der Waals surface area contributed by atoms with Crippen molar-refractivity contribution in [2.24, 2.45) is 0 Å². The Hall–Kier alpha value is -0.820. The quantitative estimate of drug-likeness (QED) is 0.575. The molecule has 0 unspecified atom stereocenters. The first-order chi connectivity index (χ1) is 9.94. The zero-order valence-corrected chi connectivity index (χ0v) is 14.4. The summed E-state index contributed by atoms with van der Waals surface area (Å²) in [5.74, 6) is -1.33. The van der Waals surface area contributed by atoms with Gasteiger partial charge in [-0.2, -0.15) is 0 Å². The number of halogens is 2. The Balaban J connectivity index is 2.21. The second-order valence-electron chi connectivity index (χ2n) is 5.38. The summed E-state index contributed by atoms with van der Waals surface area (Å²) in [6.07, 6.45) is 4.62. The molecule has 1 fully saturated rings. The van der Waals surface area contributed by atoms with Gasteiger partial charge in [-0.05, 0) is 53.6 Å². The van der Waals surface area contributed by atoms with Gasteiger partial charge in [0.05, 0.1) is 5.02 Å². The van der Waals surface area contributed by atoms with Gasteiger partial charge in [0, 0.05) is 9.13 Å². The van der Waals surface area contributed by atoms with Gasteiger partial charge in [-0.15, -0.1) is 0 Å². The molecular weight excluding hydrogens is 405 g/mol. The smallest absolute Gasteiger partial charge is 0.329 e. The van der Waals surface area contributed by atoms with Crippen molar-refractivity contribution in [1.82, 2.24) is 5.32 Å². The number of benzene rings is 1. The first kappa shape index (κ1) is 16.5. The fourth-order valence-corrected chi connectivity index (χ4v) is 3.17. The van der Waals surface area contributed by atoms with Crippen molar-refractivity contribution >= 4 is 46.1 Å². The predicted octanol–water partition coefficient (Wildman–Crippen LogP) is 3.85. The van der Waals surface area contributed by atoms with E-state index in [9.17, 15) is 14.7 Å². The lowest BCUT2D eigenvalue weighted by Gasteiger charge is -2.29. The third kappa shape index (κ3) is 3.88. The molecule has 1 aliphatic carbocycles. The van der Waals surface area contributed by atoms with E-state index in [-0.39, 0.29) is 5.91 Å². The molecule has 1 aliphatic rings. The van der Waals surface area contributed by atoms with Gasteiger partial charge in [0.15, 0.2) is 0 Å². The third-order valence-electron chi connectivity index (χ3n) is 3.90. The monoisotopic (exact) mass is 421 g/mol. The van der Waals surface area contributed by atoms with E-state index in [0.717, 1.165) is 29.3 Å². The van der Waals surface area contributed by atoms with E-state index in [0.29, 0.717) is 23.4 Å². The largest absolute Gasteiger partial charge is 0.480 e. The second kappa shape index (κ2) is 6.96.